The third-order valence-electron chi connectivity index (χ3n) is 2.30. The summed E-state index contributed by atoms with van der Waals surface area (Å²) >= 11 is 0. The second-order valence-corrected chi connectivity index (χ2v) is 6.68. The van der Waals surface area contributed by atoms with Gasteiger partial charge in [0.1, 0.15) is 0 Å². The van der Waals surface area contributed by atoms with Crippen LogP contribution in [0.15, 0.2) is 24.3 Å². The zero-order chi connectivity index (χ0) is 13.1. The minimum atomic E-state index is 0.116. The molecule has 1 rings (SSSR count). The lowest BCUT2D eigenvalue weighted by Gasteiger charge is -2.23. The average Bonchev–Trinajstić information content (AvgIpc) is 2.13. The highest BCUT2D eigenvalue weighted by molar-refractivity contribution is 5.46. The largest absolute Gasteiger partial charge is 0.380 e. The lowest BCUT2D eigenvalue weighted by molar-refractivity contribution is 0.424. The van der Waals surface area contributed by atoms with Gasteiger partial charge in [0.2, 0.25) is 0 Å². The van der Waals surface area contributed by atoms with Crippen LogP contribution in [-0.2, 0) is 6.54 Å². The number of hydrogen-bond donors (Lipinski definition) is 2. The predicted molar refractivity (Wildman–Crippen MR) is 76.4 cm³/mol. The molecule has 0 amide bonds. The Kier molecular flexibility index (Phi) is 4.21. The third kappa shape index (κ3) is 6.32. The maximum Gasteiger partial charge on any atom is 0.0344 e. The Bertz CT molecular complexity index is 339. The van der Waals surface area contributed by atoms with E-state index in [1.165, 1.54) is 11.3 Å². The molecule has 1 aromatic rings. The van der Waals surface area contributed by atoms with Crippen LogP contribution in [-0.4, -0.2) is 11.1 Å². The second kappa shape index (κ2) is 5.09. The molecule has 0 saturated heterocycles. The second-order valence-electron chi connectivity index (χ2n) is 6.68. The minimum absolute atomic E-state index is 0.116. The van der Waals surface area contributed by atoms with E-state index in [1.807, 2.05) is 0 Å². The molecule has 0 aliphatic heterocycles. The number of anilines is 1. The lowest BCUT2D eigenvalue weighted by atomic mass is 10.1. The summed E-state index contributed by atoms with van der Waals surface area (Å²) in [5.74, 6) is 0. The fraction of sp³-hybridized carbons (Fsp3) is 0.600. The molecule has 0 atom stereocenters. The van der Waals surface area contributed by atoms with Crippen molar-refractivity contribution >= 4 is 5.69 Å². The molecule has 0 saturated carbocycles. The molecule has 0 bridgehead atoms. The molecule has 2 N–H and O–H groups in total. The van der Waals surface area contributed by atoms with Gasteiger partial charge >= 0.3 is 0 Å². The summed E-state index contributed by atoms with van der Waals surface area (Å²) in [6, 6.07) is 8.63. The van der Waals surface area contributed by atoms with Crippen LogP contribution in [0.2, 0.25) is 0 Å². The molecule has 1 aromatic carbocycles. The fourth-order valence-corrected chi connectivity index (χ4v) is 1.51. The lowest BCUT2D eigenvalue weighted by Crippen LogP contribution is -2.35. The molecule has 2 heteroatoms. The normalized spacial score (nSPS) is 12.6. The van der Waals surface area contributed by atoms with Crippen molar-refractivity contribution in [3.63, 3.8) is 0 Å². The predicted octanol–water partition coefficient (Wildman–Crippen LogP) is 3.79. The summed E-state index contributed by atoms with van der Waals surface area (Å²) in [4.78, 5) is 0. The molecule has 2 nitrogen and oxygen atoms in total. The molecule has 0 unspecified atom stereocenters. The summed E-state index contributed by atoms with van der Waals surface area (Å²) < 4.78 is 0. The van der Waals surface area contributed by atoms with Crippen molar-refractivity contribution in [3.05, 3.63) is 29.8 Å². The van der Waals surface area contributed by atoms with Gasteiger partial charge < -0.3 is 10.6 Å². The van der Waals surface area contributed by atoms with Crippen LogP contribution < -0.4 is 10.6 Å². The molecule has 17 heavy (non-hydrogen) atoms. The first-order valence-corrected chi connectivity index (χ1v) is 6.28. The van der Waals surface area contributed by atoms with E-state index in [0.29, 0.717) is 0 Å². The molecule has 0 fully saturated rings. The Labute approximate surface area is 106 Å². The number of hydrogen-bond acceptors (Lipinski definition) is 2. The van der Waals surface area contributed by atoms with E-state index in [4.69, 9.17) is 0 Å². The molecule has 0 aromatic heterocycles. The molecule has 96 valence electrons. The van der Waals surface area contributed by atoms with Gasteiger partial charge in [0.15, 0.2) is 0 Å². The van der Waals surface area contributed by atoms with Crippen LogP contribution in [0.4, 0.5) is 5.69 Å². The van der Waals surface area contributed by atoms with E-state index >= 15 is 0 Å². The summed E-state index contributed by atoms with van der Waals surface area (Å²) in [5, 5.41) is 6.95. The molecular formula is C15H26N2. The van der Waals surface area contributed by atoms with Gasteiger partial charge in [-0.15, -0.1) is 0 Å². The zero-order valence-corrected chi connectivity index (χ0v) is 12.0. The van der Waals surface area contributed by atoms with E-state index in [-0.39, 0.29) is 11.1 Å². The third-order valence-corrected chi connectivity index (χ3v) is 2.30. The first kappa shape index (κ1) is 14.0. The van der Waals surface area contributed by atoms with Crippen LogP contribution in [0.25, 0.3) is 0 Å². The Balaban J connectivity index is 2.56. The molecule has 0 aliphatic carbocycles. The molecule has 0 radical (unpaired) electrons. The minimum Gasteiger partial charge on any atom is -0.380 e. The molecule has 0 spiro atoms. The van der Waals surface area contributed by atoms with E-state index in [1.54, 1.807) is 0 Å². The summed E-state index contributed by atoms with van der Waals surface area (Å²) in [6.45, 7) is 14.0. The Morgan fingerprint density at radius 3 is 1.76 bits per heavy atom. The average molecular weight is 234 g/mol. The van der Waals surface area contributed by atoms with Gasteiger partial charge in [-0.05, 0) is 59.2 Å². The van der Waals surface area contributed by atoms with Gasteiger partial charge in [-0.3, -0.25) is 0 Å². The van der Waals surface area contributed by atoms with Gasteiger partial charge in [0.25, 0.3) is 0 Å². The first-order valence-electron chi connectivity index (χ1n) is 6.28. The summed E-state index contributed by atoms with van der Waals surface area (Å²) in [7, 11) is 0. The van der Waals surface area contributed by atoms with Crippen molar-refractivity contribution in [2.45, 2.75) is 59.2 Å². The monoisotopic (exact) mass is 234 g/mol. The van der Waals surface area contributed by atoms with E-state index in [9.17, 15) is 0 Å². The number of benzene rings is 1. The topological polar surface area (TPSA) is 24.1 Å². The SMILES string of the molecule is CC(C)(C)NCc1ccc(NC(C)(C)C)cc1. The Hall–Kier alpha value is -1.02. The highest BCUT2D eigenvalue weighted by atomic mass is 15.0. The quantitative estimate of drug-likeness (QED) is 0.831. The van der Waals surface area contributed by atoms with E-state index < -0.39 is 0 Å². The van der Waals surface area contributed by atoms with Gasteiger partial charge in [0, 0.05) is 23.3 Å². The smallest absolute Gasteiger partial charge is 0.0344 e. The van der Waals surface area contributed by atoms with Crippen molar-refractivity contribution in [3.8, 4) is 0 Å². The van der Waals surface area contributed by atoms with Gasteiger partial charge in [-0.25, -0.2) is 0 Å². The maximum absolute atomic E-state index is 3.49. The number of rotatable bonds is 3. The van der Waals surface area contributed by atoms with Crippen molar-refractivity contribution in [1.82, 2.24) is 5.32 Å². The maximum atomic E-state index is 3.49. The Morgan fingerprint density at radius 2 is 1.35 bits per heavy atom. The van der Waals surface area contributed by atoms with Crippen LogP contribution in [0.5, 0.6) is 0 Å². The zero-order valence-electron chi connectivity index (χ0n) is 12.0. The van der Waals surface area contributed by atoms with Crippen molar-refractivity contribution < 1.29 is 0 Å². The summed E-state index contributed by atoms with van der Waals surface area (Å²) in [6.07, 6.45) is 0. The fourth-order valence-electron chi connectivity index (χ4n) is 1.51. The van der Waals surface area contributed by atoms with Crippen molar-refractivity contribution in [2.75, 3.05) is 5.32 Å². The van der Waals surface area contributed by atoms with E-state index in [2.05, 4.69) is 76.4 Å². The highest BCUT2D eigenvalue weighted by Crippen LogP contribution is 2.15. The molecule has 0 heterocycles. The van der Waals surface area contributed by atoms with Crippen LogP contribution in [0.3, 0.4) is 0 Å². The standard InChI is InChI=1S/C15H26N2/c1-14(2,3)16-11-12-7-9-13(10-8-12)17-15(4,5)6/h7-10,16-17H,11H2,1-6H3. The van der Waals surface area contributed by atoms with E-state index in [0.717, 1.165) is 6.54 Å². The van der Waals surface area contributed by atoms with Crippen molar-refractivity contribution in [2.24, 2.45) is 0 Å². The number of nitrogens with one attached hydrogen (secondary N) is 2. The first-order chi connectivity index (χ1) is 7.66. The van der Waals surface area contributed by atoms with Crippen LogP contribution >= 0.6 is 0 Å². The van der Waals surface area contributed by atoms with Gasteiger partial charge in [0.05, 0.1) is 0 Å². The van der Waals surface area contributed by atoms with Gasteiger partial charge in [-0.2, -0.15) is 0 Å². The molecule has 0 aliphatic rings. The molecular weight excluding hydrogens is 208 g/mol. The summed E-state index contributed by atoms with van der Waals surface area (Å²) in [5.41, 5.74) is 2.78. The van der Waals surface area contributed by atoms with Gasteiger partial charge in [-0.1, -0.05) is 12.1 Å². The Morgan fingerprint density at radius 1 is 0.824 bits per heavy atom. The van der Waals surface area contributed by atoms with Crippen molar-refractivity contribution in [1.29, 1.82) is 0 Å². The van der Waals surface area contributed by atoms with Crippen LogP contribution in [0, 0.1) is 0 Å². The highest BCUT2D eigenvalue weighted by Gasteiger charge is 2.10. The van der Waals surface area contributed by atoms with Crippen LogP contribution in [0.1, 0.15) is 47.1 Å².